The number of aromatic nitrogens is 4. The van der Waals surface area contributed by atoms with Crippen molar-refractivity contribution in [2.75, 3.05) is 5.32 Å². The number of hydrogen-bond acceptors (Lipinski definition) is 6. The molecule has 2 heterocycles. The number of para-hydroxylation sites is 1. The zero-order valence-electron chi connectivity index (χ0n) is 11.8. The lowest BCUT2D eigenvalue weighted by Gasteiger charge is -2.11. The van der Waals surface area contributed by atoms with Crippen molar-refractivity contribution >= 4 is 45.2 Å². The standard InChI is InChI=1S/C13H12N6OS2/c1-7-16-17-13-19(7)18-11(22-13)9-5-3-4-6-10(9)15-12(21)14-8(2)20/h3-6H,1-2H3,(H2,14,15,20,21). The first-order valence-electron chi connectivity index (χ1n) is 6.41. The number of carbonyl (C=O) groups excluding carboxylic acids is 1. The molecule has 3 aromatic rings. The molecule has 0 saturated heterocycles. The molecule has 0 saturated carbocycles. The molecular weight excluding hydrogens is 320 g/mol. The average molecular weight is 332 g/mol. The Kier molecular flexibility index (Phi) is 3.82. The molecule has 112 valence electrons. The minimum absolute atomic E-state index is 0.218. The van der Waals surface area contributed by atoms with Crippen molar-refractivity contribution in [1.29, 1.82) is 0 Å². The molecule has 0 atom stereocenters. The second-order valence-corrected chi connectivity index (χ2v) is 5.89. The van der Waals surface area contributed by atoms with Crippen LogP contribution in [0.25, 0.3) is 15.5 Å². The highest BCUT2D eigenvalue weighted by atomic mass is 32.1. The Labute approximate surface area is 135 Å². The van der Waals surface area contributed by atoms with Crippen molar-refractivity contribution < 1.29 is 4.79 Å². The van der Waals surface area contributed by atoms with Crippen LogP contribution in [0.3, 0.4) is 0 Å². The molecule has 0 spiro atoms. The van der Waals surface area contributed by atoms with Crippen molar-refractivity contribution in [2.24, 2.45) is 0 Å². The third kappa shape index (κ3) is 2.81. The number of anilines is 1. The monoisotopic (exact) mass is 332 g/mol. The van der Waals surface area contributed by atoms with Crippen LogP contribution in [0.4, 0.5) is 5.69 Å². The summed E-state index contributed by atoms with van der Waals surface area (Å²) in [4.78, 5) is 11.8. The van der Waals surface area contributed by atoms with Gasteiger partial charge in [0.2, 0.25) is 10.9 Å². The van der Waals surface area contributed by atoms with E-state index >= 15 is 0 Å². The maximum atomic E-state index is 11.1. The van der Waals surface area contributed by atoms with Gasteiger partial charge >= 0.3 is 0 Å². The SMILES string of the molecule is CC(=O)NC(=S)Nc1ccccc1-c1nn2c(C)nnc2s1. The highest BCUT2D eigenvalue weighted by Crippen LogP contribution is 2.31. The fourth-order valence-corrected chi connectivity index (χ4v) is 3.09. The van der Waals surface area contributed by atoms with Gasteiger partial charge in [0, 0.05) is 12.5 Å². The zero-order chi connectivity index (χ0) is 15.7. The van der Waals surface area contributed by atoms with Crippen LogP contribution in [0.15, 0.2) is 24.3 Å². The third-order valence-corrected chi connectivity index (χ3v) is 3.98. The molecule has 1 amide bonds. The number of nitrogens with one attached hydrogen (secondary N) is 2. The number of carbonyl (C=O) groups is 1. The summed E-state index contributed by atoms with van der Waals surface area (Å²) in [6.45, 7) is 3.26. The molecule has 0 aliphatic rings. The molecule has 2 aromatic heterocycles. The number of thiocarbonyl (C=S) groups is 1. The van der Waals surface area contributed by atoms with E-state index in [1.807, 2.05) is 31.2 Å². The molecular formula is C13H12N6OS2. The molecule has 7 nitrogen and oxygen atoms in total. The van der Waals surface area contributed by atoms with E-state index in [-0.39, 0.29) is 11.0 Å². The Morgan fingerprint density at radius 2 is 2.09 bits per heavy atom. The minimum atomic E-state index is -0.218. The number of aryl methyl sites for hydroxylation is 1. The maximum absolute atomic E-state index is 11.1. The van der Waals surface area contributed by atoms with Gasteiger partial charge in [-0.05, 0) is 31.3 Å². The molecule has 0 aliphatic heterocycles. The minimum Gasteiger partial charge on any atom is -0.332 e. The topological polar surface area (TPSA) is 84.2 Å². The summed E-state index contributed by atoms with van der Waals surface area (Å²) in [5.74, 6) is 0.515. The van der Waals surface area contributed by atoms with Crippen molar-refractivity contribution in [1.82, 2.24) is 25.1 Å². The third-order valence-electron chi connectivity index (χ3n) is 2.84. The quantitative estimate of drug-likeness (QED) is 0.698. The van der Waals surface area contributed by atoms with Crippen LogP contribution in [0.2, 0.25) is 0 Å². The zero-order valence-corrected chi connectivity index (χ0v) is 13.5. The maximum Gasteiger partial charge on any atom is 0.234 e. The lowest BCUT2D eigenvalue weighted by Crippen LogP contribution is -2.32. The number of fused-ring (bicyclic) bond motifs is 1. The molecule has 9 heteroatoms. The second-order valence-electron chi connectivity index (χ2n) is 4.53. The van der Waals surface area contributed by atoms with Gasteiger partial charge in [0.05, 0.1) is 5.69 Å². The molecule has 3 rings (SSSR count). The Bertz CT molecular complexity index is 868. The summed E-state index contributed by atoms with van der Waals surface area (Å²) in [7, 11) is 0. The molecule has 22 heavy (non-hydrogen) atoms. The Balaban J connectivity index is 1.96. The molecule has 0 aliphatic carbocycles. The van der Waals surface area contributed by atoms with Crippen molar-refractivity contribution in [2.45, 2.75) is 13.8 Å². The number of benzene rings is 1. The average Bonchev–Trinajstić information content (AvgIpc) is 3.01. The van der Waals surface area contributed by atoms with Crippen molar-refractivity contribution in [3.63, 3.8) is 0 Å². The number of hydrogen-bond donors (Lipinski definition) is 2. The predicted molar refractivity (Wildman–Crippen MR) is 88.9 cm³/mol. The molecule has 2 N–H and O–H groups in total. The first-order valence-corrected chi connectivity index (χ1v) is 7.64. The van der Waals surface area contributed by atoms with E-state index in [4.69, 9.17) is 12.2 Å². The van der Waals surface area contributed by atoms with Gasteiger partial charge in [-0.25, -0.2) is 0 Å². The number of nitrogens with zero attached hydrogens (tertiary/aromatic N) is 4. The van der Waals surface area contributed by atoms with E-state index in [0.717, 1.165) is 27.0 Å². The van der Waals surface area contributed by atoms with Gasteiger partial charge in [0.15, 0.2) is 10.9 Å². The van der Waals surface area contributed by atoms with E-state index < -0.39 is 0 Å². The second kappa shape index (κ2) is 5.78. The first kappa shape index (κ1) is 14.5. The summed E-state index contributed by atoms with van der Waals surface area (Å²) in [6, 6.07) is 7.60. The van der Waals surface area contributed by atoms with Gasteiger partial charge in [0.25, 0.3) is 0 Å². The summed E-state index contributed by atoms with van der Waals surface area (Å²) < 4.78 is 1.70. The Hall–Kier alpha value is -2.39. The fraction of sp³-hybridized carbons (Fsp3) is 0.154. The number of rotatable bonds is 2. The lowest BCUT2D eigenvalue weighted by molar-refractivity contribution is -0.117. The molecule has 0 bridgehead atoms. The van der Waals surface area contributed by atoms with Crippen molar-refractivity contribution in [3.05, 3.63) is 30.1 Å². The molecule has 0 radical (unpaired) electrons. The van der Waals surface area contributed by atoms with Gasteiger partial charge < -0.3 is 10.6 Å². The van der Waals surface area contributed by atoms with Gasteiger partial charge in [-0.3, -0.25) is 4.79 Å². The van der Waals surface area contributed by atoms with E-state index in [1.54, 1.807) is 4.52 Å². The fourth-order valence-electron chi connectivity index (χ4n) is 1.92. The highest BCUT2D eigenvalue weighted by molar-refractivity contribution is 7.80. The van der Waals surface area contributed by atoms with E-state index in [1.165, 1.54) is 18.3 Å². The smallest absolute Gasteiger partial charge is 0.234 e. The van der Waals surface area contributed by atoms with Gasteiger partial charge in [-0.2, -0.15) is 9.61 Å². The van der Waals surface area contributed by atoms with Crippen LogP contribution in [-0.4, -0.2) is 30.8 Å². The van der Waals surface area contributed by atoms with Gasteiger partial charge in [-0.15, -0.1) is 10.2 Å². The summed E-state index contributed by atoms with van der Waals surface area (Å²) in [5.41, 5.74) is 1.65. The van der Waals surface area contributed by atoms with Crippen LogP contribution < -0.4 is 10.6 Å². The van der Waals surface area contributed by atoms with Crippen LogP contribution in [0.1, 0.15) is 12.7 Å². The van der Waals surface area contributed by atoms with Crippen LogP contribution in [0, 0.1) is 6.92 Å². The van der Waals surface area contributed by atoms with Crippen LogP contribution in [-0.2, 0) is 4.79 Å². The lowest BCUT2D eigenvalue weighted by atomic mass is 10.2. The van der Waals surface area contributed by atoms with Gasteiger partial charge in [0.1, 0.15) is 5.01 Å². The molecule has 1 aromatic carbocycles. The largest absolute Gasteiger partial charge is 0.332 e. The van der Waals surface area contributed by atoms with Crippen molar-refractivity contribution in [3.8, 4) is 10.6 Å². The normalized spacial score (nSPS) is 10.6. The van der Waals surface area contributed by atoms with E-state index in [2.05, 4.69) is 25.9 Å². The van der Waals surface area contributed by atoms with E-state index in [9.17, 15) is 4.79 Å². The van der Waals surface area contributed by atoms with E-state index in [0.29, 0.717) is 0 Å². The van der Waals surface area contributed by atoms with Crippen LogP contribution in [0.5, 0.6) is 0 Å². The number of amides is 1. The summed E-state index contributed by atoms with van der Waals surface area (Å²) >= 11 is 6.54. The Morgan fingerprint density at radius 1 is 1.32 bits per heavy atom. The summed E-state index contributed by atoms with van der Waals surface area (Å²) in [6.07, 6.45) is 0. The van der Waals surface area contributed by atoms with Crippen LogP contribution >= 0.6 is 23.6 Å². The predicted octanol–water partition coefficient (Wildman–Crippen LogP) is 1.99. The highest BCUT2D eigenvalue weighted by Gasteiger charge is 2.14. The van der Waals surface area contributed by atoms with Gasteiger partial charge in [-0.1, -0.05) is 23.5 Å². The molecule has 0 unspecified atom stereocenters. The molecule has 0 fully saturated rings. The Morgan fingerprint density at radius 3 is 2.82 bits per heavy atom. The first-order chi connectivity index (χ1) is 10.5. The summed E-state index contributed by atoms with van der Waals surface area (Å²) in [5, 5.41) is 19.1.